The molecule has 1 aliphatic rings. The topological polar surface area (TPSA) is 70.7 Å². The Kier molecular flexibility index (Phi) is 5.42. The van der Waals surface area contributed by atoms with Gasteiger partial charge in [0.05, 0.1) is 11.4 Å². The molecule has 4 rings (SSSR count). The second-order valence-corrected chi connectivity index (χ2v) is 6.67. The summed E-state index contributed by atoms with van der Waals surface area (Å²) in [6, 6.07) is 25.6. The van der Waals surface area contributed by atoms with E-state index in [0.29, 0.717) is 0 Å². The van der Waals surface area contributed by atoms with Gasteiger partial charge in [-0.25, -0.2) is 4.79 Å². The summed E-state index contributed by atoms with van der Waals surface area (Å²) < 4.78 is 5.29. The number of hydrogen-bond donors (Lipinski definition) is 2. The minimum absolute atomic E-state index is 0.142. The lowest BCUT2D eigenvalue weighted by atomic mass is 10.2. The molecule has 0 saturated heterocycles. The average molecular weight is 387 g/mol. The molecule has 2 N–H and O–H groups in total. The first kappa shape index (κ1) is 18.6. The third kappa shape index (κ3) is 4.21. The number of para-hydroxylation sites is 3. The summed E-state index contributed by atoms with van der Waals surface area (Å²) in [7, 11) is 0. The van der Waals surface area contributed by atoms with Crippen LogP contribution < -0.4 is 15.5 Å². The quantitative estimate of drug-likeness (QED) is 0.708. The second-order valence-electron chi connectivity index (χ2n) is 6.67. The van der Waals surface area contributed by atoms with Crippen LogP contribution in [0.4, 0.5) is 21.9 Å². The molecule has 3 aromatic carbocycles. The van der Waals surface area contributed by atoms with Crippen LogP contribution in [-0.2, 0) is 16.1 Å². The van der Waals surface area contributed by atoms with Crippen LogP contribution in [0.15, 0.2) is 84.9 Å². The molecule has 29 heavy (non-hydrogen) atoms. The summed E-state index contributed by atoms with van der Waals surface area (Å²) in [5.41, 5.74) is 3.18. The molecular weight excluding hydrogens is 366 g/mol. The maximum Gasteiger partial charge on any atom is 0.408 e. The summed E-state index contributed by atoms with van der Waals surface area (Å²) in [4.78, 5) is 27.3. The number of nitrogens with zero attached hydrogens (tertiary/aromatic N) is 1. The molecule has 0 saturated carbocycles. The van der Waals surface area contributed by atoms with Crippen LogP contribution in [-0.4, -0.2) is 24.6 Å². The molecule has 0 bridgehead atoms. The lowest BCUT2D eigenvalue weighted by Crippen LogP contribution is -2.49. The molecule has 0 aromatic heterocycles. The van der Waals surface area contributed by atoms with E-state index in [4.69, 9.17) is 4.74 Å². The van der Waals surface area contributed by atoms with Crippen molar-refractivity contribution in [3.05, 3.63) is 90.5 Å². The number of amides is 2. The fourth-order valence-corrected chi connectivity index (χ4v) is 3.26. The zero-order valence-electron chi connectivity index (χ0n) is 15.7. The number of benzene rings is 3. The maximum absolute atomic E-state index is 13.3. The van der Waals surface area contributed by atoms with Crippen molar-refractivity contribution in [2.45, 2.75) is 12.6 Å². The lowest BCUT2D eigenvalue weighted by Gasteiger charge is -2.25. The van der Waals surface area contributed by atoms with E-state index in [9.17, 15) is 9.59 Å². The molecule has 0 spiro atoms. The van der Waals surface area contributed by atoms with E-state index < -0.39 is 12.1 Å². The molecule has 6 heteroatoms. The summed E-state index contributed by atoms with van der Waals surface area (Å²) in [5, 5.41) is 5.95. The molecule has 1 unspecified atom stereocenters. The van der Waals surface area contributed by atoms with Gasteiger partial charge in [-0.05, 0) is 29.8 Å². The van der Waals surface area contributed by atoms with Crippen molar-refractivity contribution >= 4 is 29.1 Å². The van der Waals surface area contributed by atoms with Crippen molar-refractivity contribution in [3.63, 3.8) is 0 Å². The Labute approximate surface area is 169 Å². The number of hydrogen-bond acceptors (Lipinski definition) is 4. The van der Waals surface area contributed by atoms with Gasteiger partial charge in [-0.2, -0.15) is 0 Å². The van der Waals surface area contributed by atoms with Crippen LogP contribution >= 0.6 is 0 Å². The zero-order chi connectivity index (χ0) is 20.1. The predicted octanol–water partition coefficient (Wildman–Crippen LogP) is 4.07. The van der Waals surface area contributed by atoms with Crippen molar-refractivity contribution in [2.75, 3.05) is 16.8 Å². The Morgan fingerprint density at radius 2 is 1.62 bits per heavy atom. The van der Waals surface area contributed by atoms with Crippen molar-refractivity contribution in [1.29, 1.82) is 0 Å². The molecule has 0 fully saturated rings. The van der Waals surface area contributed by atoms with E-state index in [-0.39, 0.29) is 19.1 Å². The van der Waals surface area contributed by atoms with Crippen LogP contribution in [0.2, 0.25) is 0 Å². The smallest absolute Gasteiger partial charge is 0.408 e. The van der Waals surface area contributed by atoms with Gasteiger partial charge in [0.1, 0.15) is 12.6 Å². The van der Waals surface area contributed by atoms with Crippen LogP contribution in [0, 0.1) is 0 Å². The van der Waals surface area contributed by atoms with E-state index in [1.54, 1.807) is 4.90 Å². The first-order valence-corrected chi connectivity index (χ1v) is 9.41. The molecule has 1 aliphatic heterocycles. The van der Waals surface area contributed by atoms with Gasteiger partial charge in [0.2, 0.25) is 0 Å². The first-order valence-electron chi connectivity index (χ1n) is 9.41. The summed E-state index contributed by atoms with van der Waals surface area (Å²) in [5.74, 6) is -0.231. The van der Waals surface area contributed by atoms with Crippen LogP contribution in [0.5, 0.6) is 0 Å². The monoisotopic (exact) mass is 387 g/mol. The normalized spacial score (nSPS) is 15.7. The fourth-order valence-electron chi connectivity index (χ4n) is 3.26. The van der Waals surface area contributed by atoms with Gasteiger partial charge in [0, 0.05) is 12.2 Å². The summed E-state index contributed by atoms with van der Waals surface area (Å²) >= 11 is 0. The number of rotatable bonds is 4. The minimum Gasteiger partial charge on any atom is -0.445 e. The average Bonchev–Trinajstić information content (AvgIpc) is 2.90. The summed E-state index contributed by atoms with van der Waals surface area (Å²) in [6.07, 6.45) is -0.632. The van der Waals surface area contributed by atoms with Gasteiger partial charge in [-0.3, -0.25) is 9.69 Å². The molecule has 2 amide bonds. The van der Waals surface area contributed by atoms with Gasteiger partial charge in [-0.1, -0.05) is 60.7 Å². The van der Waals surface area contributed by atoms with E-state index >= 15 is 0 Å². The number of fused-ring (bicyclic) bond motifs is 1. The Balaban J connectivity index is 1.53. The van der Waals surface area contributed by atoms with Gasteiger partial charge in [0.25, 0.3) is 5.91 Å². The number of ether oxygens (including phenoxy) is 1. The largest absolute Gasteiger partial charge is 0.445 e. The van der Waals surface area contributed by atoms with Crippen LogP contribution in [0.3, 0.4) is 0 Å². The van der Waals surface area contributed by atoms with Gasteiger partial charge in [-0.15, -0.1) is 0 Å². The summed E-state index contributed by atoms with van der Waals surface area (Å²) in [6.45, 7) is 0.406. The molecular formula is C23H21N3O3. The third-order valence-corrected chi connectivity index (χ3v) is 4.68. The number of anilines is 3. The zero-order valence-corrected chi connectivity index (χ0v) is 15.7. The van der Waals surface area contributed by atoms with E-state index in [1.165, 1.54) is 0 Å². The highest BCUT2D eigenvalue weighted by Gasteiger charge is 2.32. The Hall–Kier alpha value is -3.80. The third-order valence-electron chi connectivity index (χ3n) is 4.68. The maximum atomic E-state index is 13.3. The minimum atomic E-state index is -0.772. The molecule has 1 heterocycles. The van der Waals surface area contributed by atoms with Gasteiger partial charge >= 0.3 is 6.09 Å². The number of nitrogens with one attached hydrogen (secondary N) is 2. The van der Waals surface area contributed by atoms with Gasteiger partial charge < -0.3 is 15.4 Å². The Morgan fingerprint density at radius 1 is 0.966 bits per heavy atom. The number of carbonyl (C=O) groups excluding carboxylic acids is 2. The van der Waals surface area contributed by atoms with Crippen molar-refractivity contribution < 1.29 is 14.3 Å². The molecule has 1 atom stereocenters. The highest BCUT2D eigenvalue weighted by Crippen LogP contribution is 2.34. The van der Waals surface area contributed by atoms with Crippen molar-refractivity contribution in [2.24, 2.45) is 0 Å². The van der Waals surface area contributed by atoms with Crippen molar-refractivity contribution in [3.8, 4) is 0 Å². The first-order chi connectivity index (χ1) is 14.2. The number of alkyl carbamates (subject to hydrolysis) is 1. The lowest BCUT2D eigenvalue weighted by molar-refractivity contribution is -0.119. The highest BCUT2D eigenvalue weighted by atomic mass is 16.5. The van der Waals surface area contributed by atoms with E-state index in [2.05, 4.69) is 10.6 Å². The molecule has 6 nitrogen and oxygen atoms in total. The Bertz CT molecular complexity index is 993. The van der Waals surface area contributed by atoms with Gasteiger partial charge in [0.15, 0.2) is 0 Å². The van der Waals surface area contributed by atoms with Crippen LogP contribution in [0.25, 0.3) is 0 Å². The standard InChI is InChI=1S/C23H21N3O3/c27-22-20(25-23(28)29-16-17-9-3-1-4-10-17)15-24-19-13-7-8-14-21(19)26(22)18-11-5-2-6-12-18/h1-14,20,24H,15-16H2,(H,25,28). The second kappa shape index (κ2) is 8.48. The SMILES string of the molecule is O=C(NC1CNc2ccccc2N(c2ccccc2)C1=O)OCc1ccccc1. The van der Waals surface area contributed by atoms with Crippen molar-refractivity contribution in [1.82, 2.24) is 5.32 Å². The van der Waals surface area contributed by atoms with E-state index in [0.717, 1.165) is 22.6 Å². The van der Waals surface area contributed by atoms with Crippen LogP contribution in [0.1, 0.15) is 5.56 Å². The molecule has 3 aromatic rings. The fraction of sp³-hybridized carbons (Fsp3) is 0.130. The Morgan fingerprint density at radius 3 is 2.38 bits per heavy atom. The number of carbonyl (C=O) groups is 2. The van der Waals surface area contributed by atoms with E-state index in [1.807, 2.05) is 84.9 Å². The highest BCUT2D eigenvalue weighted by molar-refractivity contribution is 6.08. The molecule has 146 valence electrons. The molecule has 0 radical (unpaired) electrons. The predicted molar refractivity (Wildman–Crippen MR) is 112 cm³/mol. The molecule has 0 aliphatic carbocycles.